The molecule has 0 unspecified atom stereocenters. The molecule has 0 atom stereocenters. The first kappa shape index (κ1) is 18.5. The quantitative estimate of drug-likeness (QED) is 0.394. The molecule has 2 aromatic rings. The van der Waals surface area contributed by atoms with Crippen LogP contribution in [0.3, 0.4) is 0 Å². The van der Waals surface area contributed by atoms with Gasteiger partial charge < -0.3 is 0 Å². The van der Waals surface area contributed by atoms with Crippen LogP contribution in [0, 0.1) is 11.8 Å². The van der Waals surface area contributed by atoms with Crippen LogP contribution in [0.4, 0.5) is 0 Å². The summed E-state index contributed by atoms with van der Waals surface area (Å²) in [4.78, 5) is 3.24. The molecule has 0 bridgehead atoms. The van der Waals surface area contributed by atoms with Gasteiger partial charge in [-0.25, -0.2) is 0 Å². The standard InChI is InChI=1S/C22H34S2/c1-3-4-5-6-7-8-19-15-21-22(23-19)16-20(24-21)14-13-18-11-9-17(2)10-12-18/h15-18H,3-14H2,1-2H3. The summed E-state index contributed by atoms with van der Waals surface area (Å²) in [6.45, 7) is 4.71. The highest BCUT2D eigenvalue weighted by Crippen LogP contribution is 2.36. The lowest BCUT2D eigenvalue weighted by Crippen LogP contribution is -2.12. The highest BCUT2D eigenvalue weighted by atomic mass is 32.1. The molecule has 0 radical (unpaired) electrons. The number of unbranched alkanes of at least 4 members (excludes halogenated alkanes) is 4. The molecule has 0 amide bonds. The third kappa shape index (κ3) is 5.33. The Bertz CT molecular complexity index is 567. The summed E-state index contributed by atoms with van der Waals surface area (Å²) in [5, 5.41) is 0. The van der Waals surface area contributed by atoms with Crippen molar-refractivity contribution < 1.29 is 0 Å². The minimum atomic E-state index is 0.980. The van der Waals surface area contributed by atoms with E-state index in [1.165, 1.54) is 77.0 Å². The number of hydrogen-bond donors (Lipinski definition) is 0. The molecule has 2 heterocycles. The van der Waals surface area contributed by atoms with Crippen molar-refractivity contribution in [3.8, 4) is 0 Å². The lowest BCUT2D eigenvalue weighted by atomic mass is 9.81. The zero-order valence-corrected chi connectivity index (χ0v) is 17.2. The lowest BCUT2D eigenvalue weighted by molar-refractivity contribution is 0.278. The van der Waals surface area contributed by atoms with E-state index >= 15 is 0 Å². The molecule has 1 aliphatic rings. The number of rotatable bonds is 9. The first-order valence-corrected chi connectivity index (χ1v) is 11.9. The van der Waals surface area contributed by atoms with E-state index in [4.69, 9.17) is 0 Å². The normalized spacial score (nSPS) is 21.6. The van der Waals surface area contributed by atoms with Gasteiger partial charge in [-0.1, -0.05) is 65.2 Å². The molecule has 0 nitrogen and oxygen atoms in total. The monoisotopic (exact) mass is 362 g/mol. The lowest BCUT2D eigenvalue weighted by Gasteiger charge is -2.25. The smallest absolute Gasteiger partial charge is 0.0456 e. The number of aryl methyl sites for hydroxylation is 2. The van der Waals surface area contributed by atoms with Crippen molar-refractivity contribution in [3.63, 3.8) is 0 Å². The van der Waals surface area contributed by atoms with Crippen LogP contribution in [0.5, 0.6) is 0 Å². The minimum Gasteiger partial charge on any atom is -0.139 e. The molecule has 2 aromatic heterocycles. The van der Waals surface area contributed by atoms with Crippen molar-refractivity contribution in [2.75, 3.05) is 0 Å². The van der Waals surface area contributed by atoms with E-state index in [9.17, 15) is 0 Å². The summed E-state index contributed by atoms with van der Waals surface area (Å²) >= 11 is 4.12. The molecular formula is C22H34S2. The zero-order chi connectivity index (χ0) is 16.8. The second-order valence-electron chi connectivity index (χ2n) is 7.98. The third-order valence-electron chi connectivity index (χ3n) is 5.77. The summed E-state index contributed by atoms with van der Waals surface area (Å²) in [5.41, 5.74) is 0. The Morgan fingerprint density at radius 2 is 1.46 bits per heavy atom. The van der Waals surface area contributed by atoms with Gasteiger partial charge in [0.2, 0.25) is 0 Å². The molecule has 0 saturated heterocycles. The highest BCUT2D eigenvalue weighted by Gasteiger charge is 2.18. The predicted molar refractivity (Wildman–Crippen MR) is 112 cm³/mol. The van der Waals surface area contributed by atoms with Gasteiger partial charge in [0.05, 0.1) is 0 Å². The fourth-order valence-corrected chi connectivity index (χ4v) is 6.55. The van der Waals surface area contributed by atoms with Gasteiger partial charge in [-0.3, -0.25) is 0 Å². The van der Waals surface area contributed by atoms with E-state index in [1.54, 1.807) is 19.2 Å². The molecule has 24 heavy (non-hydrogen) atoms. The maximum Gasteiger partial charge on any atom is 0.0456 e. The van der Waals surface area contributed by atoms with E-state index in [1.807, 2.05) is 0 Å². The maximum atomic E-state index is 2.50. The van der Waals surface area contributed by atoms with Gasteiger partial charge in [0.25, 0.3) is 0 Å². The van der Waals surface area contributed by atoms with Crippen LogP contribution < -0.4 is 0 Å². The fraction of sp³-hybridized carbons (Fsp3) is 0.727. The average Bonchev–Trinajstić information content (AvgIpc) is 3.12. The van der Waals surface area contributed by atoms with Gasteiger partial charge in [-0.05, 0) is 49.7 Å². The van der Waals surface area contributed by atoms with Gasteiger partial charge in [-0.15, -0.1) is 22.7 Å². The van der Waals surface area contributed by atoms with Gasteiger partial charge in [-0.2, -0.15) is 0 Å². The molecule has 2 heteroatoms. The number of fused-ring (bicyclic) bond motifs is 1. The van der Waals surface area contributed by atoms with Crippen LogP contribution in [-0.4, -0.2) is 0 Å². The van der Waals surface area contributed by atoms with E-state index in [-0.39, 0.29) is 0 Å². The molecule has 1 aliphatic carbocycles. The van der Waals surface area contributed by atoms with Crippen molar-refractivity contribution in [1.82, 2.24) is 0 Å². The Kier molecular flexibility index (Phi) is 7.21. The van der Waals surface area contributed by atoms with Crippen LogP contribution in [0.25, 0.3) is 9.40 Å². The van der Waals surface area contributed by atoms with Crippen LogP contribution in [0.1, 0.15) is 87.8 Å². The van der Waals surface area contributed by atoms with Crippen molar-refractivity contribution >= 4 is 32.1 Å². The molecule has 0 aromatic carbocycles. The number of thiophene rings is 2. The largest absolute Gasteiger partial charge is 0.139 e. The van der Waals surface area contributed by atoms with E-state index < -0.39 is 0 Å². The van der Waals surface area contributed by atoms with Crippen LogP contribution in [-0.2, 0) is 12.8 Å². The summed E-state index contributed by atoms with van der Waals surface area (Å²) in [6, 6.07) is 4.98. The fourth-order valence-electron chi connectivity index (χ4n) is 4.05. The molecule has 1 fully saturated rings. The van der Waals surface area contributed by atoms with E-state index in [2.05, 4.69) is 48.7 Å². The van der Waals surface area contributed by atoms with Gasteiger partial charge >= 0.3 is 0 Å². The summed E-state index contributed by atoms with van der Waals surface area (Å²) in [7, 11) is 0. The molecule has 134 valence electrons. The van der Waals surface area contributed by atoms with Crippen molar-refractivity contribution in [2.24, 2.45) is 11.8 Å². The molecule has 1 saturated carbocycles. The molecule has 0 N–H and O–H groups in total. The van der Waals surface area contributed by atoms with Crippen molar-refractivity contribution in [3.05, 3.63) is 21.9 Å². The predicted octanol–water partition coefficient (Wildman–Crippen LogP) is 8.23. The molecule has 0 aliphatic heterocycles. The van der Waals surface area contributed by atoms with Gasteiger partial charge in [0, 0.05) is 19.2 Å². The molecular weight excluding hydrogens is 328 g/mol. The Labute approximate surface area is 156 Å². The Hall–Kier alpha value is -0.340. The Morgan fingerprint density at radius 1 is 0.833 bits per heavy atom. The highest BCUT2D eigenvalue weighted by molar-refractivity contribution is 7.27. The van der Waals surface area contributed by atoms with Crippen LogP contribution in [0.15, 0.2) is 12.1 Å². The van der Waals surface area contributed by atoms with E-state index in [0.29, 0.717) is 0 Å². The number of hydrogen-bond acceptors (Lipinski definition) is 2. The summed E-state index contributed by atoms with van der Waals surface area (Å²) < 4.78 is 3.10. The third-order valence-corrected chi connectivity index (χ3v) is 8.18. The van der Waals surface area contributed by atoms with Crippen molar-refractivity contribution in [2.45, 2.75) is 90.9 Å². The van der Waals surface area contributed by atoms with E-state index in [0.717, 1.165) is 11.8 Å². The second kappa shape index (κ2) is 9.38. The van der Waals surface area contributed by atoms with Crippen LogP contribution in [0.2, 0.25) is 0 Å². The Balaban J connectivity index is 1.44. The first-order valence-electron chi connectivity index (χ1n) is 10.3. The summed E-state index contributed by atoms with van der Waals surface area (Å²) in [5.74, 6) is 1.98. The van der Waals surface area contributed by atoms with Gasteiger partial charge in [0.15, 0.2) is 0 Å². The average molecular weight is 363 g/mol. The van der Waals surface area contributed by atoms with Crippen LogP contribution >= 0.6 is 22.7 Å². The van der Waals surface area contributed by atoms with Crippen molar-refractivity contribution in [1.29, 1.82) is 0 Å². The van der Waals surface area contributed by atoms with Gasteiger partial charge in [0.1, 0.15) is 0 Å². The molecule has 0 spiro atoms. The Morgan fingerprint density at radius 3 is 2.12 bits per heavy atom. The minimum absolute atomic E-state index is 0.980. The SMILES string of the molecule is CCCCCCCc1cc2sc(CCC3CCC(C)CC3)cc2s1. The topological polar surface area (TPSA) is 0 Å². The second-order valence-corrected chi connectivity index (χ2v) is 10.3. The molecule has 3 rings (SSSR count). The summed E-state index contributed by atoms with van der Waals surface area (Å²) in [6.07, 6.45) is 16.9. The maximum absolute atomic E-state index is 2.50. The zero-order valence-electron chi connectivity index (χ0n) is 15.6. The first-order chi connectivity index (χ1) is 11.7.